The van der Waals surface area contributed by atoms with E-state index in [0.717, 1.165) is 0 Å². The summed E-state index contributed by atoms with van der Waals surface area (Å²) in [5.74, 6) is 0.413. The van der Waals surface area contributed by atoms with Gasteiger partial charge in [0.25, 0.3) is 0 Å². The van der Waals surface area contributed by atoms with Crippen molar-refractivity contribution in [2.75, 3.05) is 0 Å². The molecular formula is C30H25B2P. The lowest BCUT2D eigenvalue weighted by molar-refractivity contribution is 0.893. The fraction of sp³-hybridized carbons (Fsp3) is 0.0667. The van der Waals surface area contributed by atoms with E-state index in [0.29, 0.717) is 11.6 Å². The molecule has 156 valence electrons. The maximum absolute atomic E-state index is 2.53. The lowest BCUT2D eigenvalue weighted by Crippen LogP contribution is -2.25. The zero-order chi connectivity index (χ0) is 22.4. The van der Waals surface area contributed by atoms with Crippen LogP contribution in [0.3, 0.4) is 0 Å². The van der Waals surface area contributed by atoms with Gasteiger partial charge in [0.05, 0.1) is 0 Å². The van der Waals surface area contributed by atoms with Crippen molar-refractivity contribution in [1.82, 2.24) is 0 Å². The van der Waals surface area contributed by atoms with Crippen LogP contribution < -0.4 is 21.5 Å². The van der Waals surface area contributed by atoms with Gasteiger partial charge in [0.1, 0.15) is 15.7 Å². The van der Waals surface area contributed by atoms with E-state index in [9.17, 15) is 0 Å². The quantitative estimate of drug-likeness (QED) is 0.340. The molecule has 0 radical (unpaired) electrons. The monoisotopic (exact) mass is 438 g/mol. The maximum atomic E-state index is 2.53. The smallest absolute Gasteiger partial charge is 0.0889 e. The molecule has 3 atom stereocenters. The highest BCUT2D eigenvalue weighted by Crippen LogP contribution is 2.56. The predicted molar refractivity (Wildman–Crippen MR) is 151 cm³/mol. The molecule has 6 rings (SSSR count). The van der Waals surface area contributed by atoms with Gasteiger partial charge < -0.3 is 0 Å². The number of fused-ring (bicyclic) bond motifs is 3. The van der Waals surface area contributed by atoms with Crippen LogP contribution in [-0.2, 0) is 0 Å². The third-order valence-corrected chi connectivity index (χ3v) is 9.67. The van der Waals surface area contributed by atoms with E-state index in [2.05, 4.69) is 131 Å². The summed E-state index contributed by atoms with van der Waals surface area (Å²) < 4.78 is 0. The molecule has 4 aromatic rings. The molecule has 0 N–H and O–H groups in total. The van der Waals surface area contributed by atoms with E-state index in [1.54, 1.807) is 5.30 Å². The zero-order valence-electron chi connectivity index (χ0n) is 19.1. The summed E-state index contributed by atoms with van der Waals surface area (Å²) >= 11 is 0. The Bertz CT molecular complexity index is 1370. The van der Waals surface area contributed by atoms with Crippen LogP contribution in [0, 0.1) is 0 Å². The first-order valence-corrected chi connectivity index (χ1v) is 13.1. The van der Waals surface area contributed by atoms with Crippen molar-refractivity contribution in [3.05, 3.63) is 126 Å². The Morgan fingerprint density at radius 1 is 0.636 bits per heavy atom. The van der Waals surface area contributed by atoms with Gasteiger partial charge in [-0.05, 0) is 52.4 Å². The summed E-state index contributed by atoms with van der Waals surface area (Å²) in [4.78, 5) is 0. The first-order chi connectivity index (χ1) is 16.2. The number of benzene rings is 4. The van der Waals surface area contributed by atoms with Gasteiger partial charge in [-0.15, -0.1) is 0 Å². The van der Waals surface area contributed by atoms with Crippen molar-refractivity contribution in [3.8, 4) is 11.1 Å². The Morgan fingerprint density at radius 2 is 1.30 bits per heavy atom. The number of rotatable bonds is 3. The van der Waals surface area contributed by atoms with Gasteiger partial charge in [0.2, 0.25) is 0 Å². The van der Waals surface area contributed by atoms with Crippen molar-refractivity contribution in [1.29, 1.82) is 0 Å². The minimum atomic E-state index is -0.447. The highest BCUT2D eigenvalue weighted by atomic mass is 31.1. The van der Waals surface area contributed by atoms with Crippen LogP contribution in [0.15, 0.2) is 115 Å². The van der Waals surface area contributed by atoms with Crippen LogP contribution in [0.2, 0.25) is 0 Å². The molecule has 1 aliphatic carbocycles. The van der Waals surface area contributed by atoms with Crippen LogP contribution >= 0.6 is 7.92 Å². The second kappa shape index (κ2) is 8.36. The maximum Gasteiger partial charge on any atom is 0.139 e. The molecule has 3 unspecified atom stereocenters. The molecule has 1 aliphatic heterocycles. The molecule has 33 heavy (non-hydrogen) atoms. The van der Waals surface area contributed by atoms with Crippen LogP contribution in [-0.4, -0.2) is 21.4 Å². The SMILES string of the molecule is Bc1cc(B)cc(P2c3ccc(-c4ccccc4)cc3C3C=C(c4ccccc4)C=CC32)c1. The van der Waals surface area contributed by atoms with E-state index >= 15 is 0 Å². The Kier molecular flexibility index (Phi) is 5.20. The summed E-state index contributed by atoms with van der Waals surface area (Å²) in [5, 5.41) is 3.05. The number of allylic oxidation sites excluding steroid dienone is 4. The number of hydrogen-bond donors (Lipinski definition) is 0. The first kappa shape index (κ1) is 20.5. The van der Waals surface area contributed by atoms with Gasteiger partial charge in [-0.3, -0.25) is 0 Å². The fourth-order valence-corrected chi connectivity index (χ4v) is 8.61. The van der Waals surface area contributed by atoms with Crippen LogP contribution in [0.4, 0.5) is 0 Å². The van der Waals surface area contributed by atoms with Gasteiger partial charge in [-0.25, -0.2) is 0 Å². The van der Waals surface area contributed by atoms with Crippen molar-refractivity contribution < 1.29 is 0 Å². The fourth-order valence-electron chi connectivity index (χ4n) is 5.43. The van der Waals surface area contributed by atoms with Crippen LogP contribution in [0.25, 0.3) is 16.7 Å². The normalized spacial score (nSPS) is 20.7. The van der Waals surface area contributed by atoms with Crippen LogP contribution in [0.1, 0.15) is 17.0 Å². The summed E-state index contributed by atoms with van der Waals surface area (Å²) in [6, 6.07) is 35.9. The average molecular weight is 438 g/mol. The van der Waals surface area contributed by atoms with Crippen molar-refractivity contribution >= 4 is 50.7 Å². The molecule has 4 aromatic carbocycles. The number of hydrogen-bond acceptors (Lipinski definition) is 0. The average Bonchev–Trinajstić information content (AvgIpc) is 3.17. The molecule has 3 heteroatoms. The van der Waals surface area contributed by atoms with Crippen molar-refractivity contribution in [2.24, 2.45) is 0 Å². The van der Waals surface area contributed by atoms with E-state index in [-0.39, 0.29) is 0 Å². The van der Waals surface area contributed by atoms with Crippen molar-refractivity contribution in [3.63, 3.8) is 0 Å². The first-order valence-electron chi connectivity index (χ1n) is 11.7. The minimum absolute atomic E-state index is 0.413. The lowest BCUT2D eigenvalue weighted by Gasteiger charge is -2.26. The van der Waals surface area contributed by atoms with E-state index in [4.69, 9.17) is 0 Å². The molecule has 0 saturated carbocycles. The second-order valence-electron chi connectivity index (χ2n) is 9.22. The lowest BCUT2D eigenvalue weighted by atomic mass is 9.86. The molecule has 0 bridgehead atoms. The van der Waals surface area contributed by atoms with Crippen molar-refractivity contribution in [2.45, 2.75) is 11.6 Å². The molecule has 2 aliphatic rings. The largest absolute Gasteiger partial charge is 0.139 e. The van der Waals surface area contributed by atoms with Gasteiger partial charge in [0.15, 0.2) is 0 Å². The standard InChI is InChI=1S/C30H25B2P/c31-24-17-25(32)19-26(18-24)33-29-13-11-22(20-7-3-1-4-8-20)15-27(29)28-16-23(12-14-30(28)33)21-9-5-2-6-10-21/h1-19,27,29H,31-32H2. The van der Waals surface area contributed by atoms with E-state index in [1.165, 1.54) is 44.1 Å². The molecular weight excluding hydrogens is 413 g/mol. The summed E-state index contributed by atoms with van der Waals surface area (Å²) in [7, 11) is 4.00. The Balaban J connectivity index is 1.52. The van der Waals surface area contributed by atoms with Gasteiger partial charge in [-0.1, -0.05) is 120 Å². The summed E-state index contributed by atoms with van der Waals surface area (Å²) in [5.41, 5.74) is 9.98. The molecule has 0 fully saturated rings. The van der Waals surface area contributed by atoms with Crippen LogP contribution in [0.5, 0.6) is 0 Å². The summed E-state index contributed by atoms with van der Waals surface area (Å²) in [6.07, 6.45) is 7.38. The Labute approximate surface area is 199 Å². The predicted octanol–water partition coefficient (Wildman–Crippen LogP) is 3.42. The van der Waals surface area contributed by atoms with Gasteiger partial charge in [-0.2, -0.15) is 0 Å². The Morgan fingerprint density at radius 3 is 2.00 bits per heavy atom. The molecule has 0 nitrogen and oxygen atoms in total. The molecule has 0 amide bonds. The zero-order valence-corrected chi connectivity index (χ0v) is 20.0. The third kappa shape index (κ3) is 3.73. The minimum Gasteiger partial charge on any atom is -0.0889 e. The third-order valence-electron chi connectivity index (χ3n) is 6.84. The second-order valence-corrected chi connectivity index (χ2v) is 11.6. The molecule has 0 spiro atoms. The van der Waals surface area contributed by atoms with E-state index in [1.807, 2.05) is 0 Å². The highest BCUT2D eigenvalue weighted by Gasteiger charge is 2.40. The topological polar surface area (TPSA) is 0 Å². The Hall–Kier alpha value is -3.08. The van der Waals surface area contributed by atoms with E-state index < -0.39 is 7.92 Å². The van der Waals surface area contributed by atoms with Gasteiger partial charge in [0, 0.05) is 11.6 Å². The molecule has 1 heterocycles. The molecule has 0 saturated heterocycles. The summed E-state index contributed by atoms with van der Waals surface area (Å²) in [6.45, 7) is 0. The van der Waals surface area contributed by atoms with Gasteiger partial charge >= 0.3 is 0 Å². The highest BCUT2D eigenvalue weighted by molar-refractivity contribution is 7.74. The molecule has 0 aromatic heterocycles.